The van der Waals surface area contributed by atoms with Crippen LogP contribution in [0.25, 0.3) is 0 Å². The van der Waals surface area contributed by atoms with E-state index in [4.69, 9.17) is 0 Å². The summed E-state index contributed by atoms with van der Waals surface area (Å²) in [5.74, 6) is -0.395. The fourth-order valence-corrected chi connectivity index (χ4v) is 3.13. The monoisotopic (exact) mass is 333 g/mol. The maximum Gasteiger partial charge on any atom is 0.244 e. The van der Waals surface area contributed by atoms with Crippen LogP contribution < -0.4 is 5.32 Å². The Morgan fingerprint density at radius 2 is 1.96 bits per heavy atom. The molecule has 0 aliphatic carbocycles. The molecule has 122 valence electrons. The van der Waals surface area contributed by atoms with Crippen molar-refractivity contribution in [1.29, 1.82) is 0 Å². The molecule has 1 heterocycles. The smallest absolute Gasteiger partial charge is 0.244 e. The zero-order valence-electron chi connectivity index (χ0n) is 13.3. The summed E-state index contributed by atoms with van der Waals surface area (Å²) in [5.41, 5.74) is 2.69. The molecular weight excluding hydrogens is 314 g/mol. The minimum atomic E-state index is -3.73. The summed E-state index contributed by atoms with van der Waals surface area (Å²) in [6.45, 7) is 3.58. The molecule has 0 atom stereocenters. The van der Waals surface area contributed by atoms with E-state index in [0.29, 0.717) is 5.69 Å². The first-order valence-corrected chi connectivity index (χ1v) is 8.49. The fraction of sp³-hybridized carbons (Fsp3) is 0.250. The van der Waals surface area contributed by atoms with Crippen LogP contribution in [-0.2, 0) is 14.8 Å². The Hall–Kier alpha value is -2.25. The highest BCUT2D eigenvalue weighted by Crippen LogP contribution is 2.18. The van der Waals surface area contributed by atoms with Gasteiger partial charge in [-0.05, 0) is 43.2 Å². The second kappa shape index (κ2) is 6.89. The Balaban J connectivity index is 2.10. The lowest BCUT2D eigenvalue weighted by Crippen LogP contribution is -2.35. The molecule has 7 heteroatoms. The minimum Gasteiger partial charge on any atom is -0.325 e. The van der Waals surface area contributed by atoms with Gasteiger partial charge in [0.1, 0.15) is 4.90 Å². The van der Waals surface area contributed by atoms with E-state index in [0.717, 1.165) is 15.4 Å². The predicted octanol–water partition coefficient (Wildman–Crippen LogP) is 1.96. The van der Waals surface area contributed by atoms with E-state index in [-0.39, 0.29) is 11.4 Å². The molecule has 1 aromatic heterocycles. The van der Waals surface area contributed by atoms with Crippen molar-refractivity contribution in [2.24, 2.45) is 0 Å². The van der Waals surface area contributed by atoms with Crippen molar-refractivity contribution in [3.8, 4) is 0 Å². The van der Waals surface area contributed by atoms with E-state index in [1.807, 2.05) is 26.0 Å². The van der Waals surface area contributed by atoms with Gasteiger partial charge in [-0.15, -0.1) is 0 Å². The van der Waals surface area contributed by atoms with Crippen molar-refractivity contribution in [3.63, 3.8) is 0 Å². The number of likely N-dealkylation sites (N-methyl/N-ethyl adjacent to an activating group) is 1. The van der Waals surface area contributed by atoms with Gasteiger partial charge in [0, 0.05) is 25.1 Å². The predicted molar refractivity (Wildman–Crippen MR) is 88.6 cm³/mol. The Labute approximate surface area is 136 Å². The number of anilines is 1. The molecule has 0 spiro atoms. The van der Waals surface area contributed by atoms with Crippen molar-refractivity contribution in [2.45, 2.75) is 18.7 Å². The van der Waals surface area contributed by atoms with E-state index in [9.17, 15) is 13.2 Å². The summed E-state index contributed by atoms with van der Waals surface area (Å²) >= 11 is 0. The third-order valence-corrected chi connectivity index (χ3v) is 5.37. The largest absolute Gasteiger partial charge is 0.325 e. The number of nitrogens with one attached hydrogen (secondary N) is 1. The molecule has 0 radical (unpaired) electrons. The van der Waals surface area contributed by atoms with Crippen molar-refractivity contribution < 1.29 is 13.2 Å². The van der Waals surface area contributed by atoms with Crippen LogP contribution in [0.15, 0.2) is 47.6 Å². The molecule has 6 nitrogen and oxygen atoms in total. The maximum absolute atomic E-state index is 12.3. The number of hydrogen-bond donors (Lipinski definition) is 1. The highest BCUT2D eigenvalue weighted by Gasteiger charge is 2.23. The molecular formula is C16H19N3O3S. The second-order valence-electron chi connectivity index (χ2n) is 5.25. The molecule has 2 rings (SSSR count). The quantitative estimate of drug-likeness (QED) is 0.907. The SMILES string of the molecule is Cc1cccc(NC(=O)CN(C)S(=O)(=O)c2cccnc2)c1C. The van der Waals surface area contributed by atoms with E-state index in [1.165, 1.54) is 31.6 Å². The number of nitrogens with zero attached hydrogens (tertiary/aromatic N) is 2. The van der Waals surface area contributed by atoms with Crippen molar-refractivity contribution in [3.05, 3.63) is 53.9 Å². The number of sulfonamides is 1. The highest BCUT2D eigenvalue weighted by molar-refractivity contribution is 7.89. The van der Waals surface area contributed by atoms with Gasteiger partial charge in [-0.2, -0.15) is 4.31 Å². The summed E-state index contributed by atoms with van der Waals surface area (Å²) in [6.07, 6.45) is 2.75. The van der Waals surface area contributed by atoms with Crippen molar-refractivity contribution >= 4 is 21.6 Å². The number of carbonyl (C=O) groups excluding carboxylic acids is 1. The third kappa shape index (κ3) is 3.94. The number of carbonyl (C=O) groups is 1. The number of benzene rings is 1. The van der Waals surface area contributed by atoms with Gasteiger partial charge in [0.15, 0.2) is 0 Å². The first-order chi connectivity index (χ1) is 10.8. The van der Waals surface area contributed by atoms with Gasteiger partial charge in [-0.3, -0.25) is 9.78 Å². The van der Waals surface area contributed by atoms with E-state index >= 15 is 0 Å². The summed E-state index contributed by atoms with van der Waals surface area (Å²) in [4.78, 5) is 16.0. The van der Waals surface area contributed by atoms with Crippen LogP contribution in [0, 0.1) is 13.8 Å². The number of rotatable bonds is 5. The second-order valence-corrected chi connectivity index (χ2v) is 7.29. The van der Waals surface area contributed by atoms with Crippen molar-refractivity contribution in [1.82, 2.24) is 9.29 Å². The lowest BCUT2D eigenvalue weighted by atomic mass is 10.1. The van der Waals surface area contributed by atoms with Crippen molar-refractivity contribution in [2.75, 3.05) is 18.9 Å². The number of amides is 1. The third-order valence-electron chi connectivity index (χ3n) is 3.59. The molecule has 0 saturated heterocycles. The number of aryl methyl sites for hydroxylation is 1. The van der Waals surface area contributed by atoms with Crippen LogP contribution in [0.1, 0.15) is 11.1 Å². The van der Waals surface area contributed by atoms with Crippen LogP contribution in [0.4, 0.5) is 5.69 Å². The van der Waals surface area contributed by atoms with Gasteiger partial charge in [-0.1, -0.05) is 12.1 Å². The van der Waals surface area contributed by atoms with E-state index in [2.05, 4.69) is 10.3 Å². The standard InChI is InChI=1S/C16H19N3O3S/c1-12-6-4-8-15(13(12)2)18-16(20)11-19(3)23(21,22)14-7-5-9-17-10-14/h4-10H,11H2,1-3H3,(H,18,20). The Morgan fingerprint density at radius 1 is 1.22 bits per heavy atom. The highest BCUT2D eigenvalue weighted by atomic mass is 32.2. The fourth-order valence-electron chi connectivity index (χ4n) is 2.04. The molecule has 0 aliphatic heterocycles. The molecule has 1 amide bonds. The molecule has 2 aromatic rings. The van der Waals surface area contributed by atoms with E-state index in [1.54, 1.807) is 6.07 Å². The Kier molecular flexibility index (Phi) is 5.12. The zero-order valence-corrected chi connectivity index (χ0v) is 14.1. The maximum atomic E-state index is 12.3. The number of pyridine rings is 1. The molecule has 0 bridgehead atoms. The summed E-state index contributed by atoms with van der Waals surface area (Å²) in [7, 11) is -2.37. The zero-order chi connectivity index (χ0) is 17.0. The first-order valence-electron chi connectivity index (χ1n) is 7.05. The van der Waals surface area contributed by atoms with Gasteiger partial charge < -0.3 is 5.32 Å². The molecule has 1 aromatic carbocycles. The van der Waals surface area contributed by atoms with Crippen LogP contribution in [-0.4, -0.2) is 37.2 Å². The van der Waals surface area contributed by atoms with Gasteiger partial charge in [0.05, 0.1) is 6.54 Å². The van der Waals surface area contributed by atoms with Gasteiger partial charge >= 0.3 is 0 Å². The molecule has 1 N–H and O–H groups in total. The lowest BCUT2D eigenvalue weighted by molar-refractivity contribution is -0.116. The molecule has 0 fully saturated rings. The molecule has 0 aliphatic rings. The van der Waals surface area contributed by atoms with Crippen LogP contribution in [0.3, 0.4) is 0 Å². The molecule has 23 heavy (non-hydrogen) atoms. The Bertz CT molecular complexity index is 805. The molecule has 0 unspecified atom stereocenters. The minimum absolute atomic E-state index is 0.0574. The average Bonchev–Trinajstić information content (AvgIpc) is 2.52. The van der Waals surface area contributed by atoms with Gasteiger partial charge in [0.25, 0.3) is 0 Å². The number of hydrogen-bond acceptors (Lipinski definition) is 4. The summed E-state index contributed by atoms with van der Waals surface area (Å²) in [6, 6.07) is 8.56. The normalized spacial score (nSPS) is 11.5. The lowest BCUT2D eigenvalue weighted by Gasteiger charge is -2.17. The van der Waals surface area contributed by atoms with Gasteiger partial charge in [0.2, 0.25) is 15.9 Å². The summed E-state index contributed by atoms with van der Waals surface area (Å²) < 4.78 is 25.7. The topological polar surface area (TPSA) is 79.4 Å². The molecule has 0 saturated carbocycles. The van der Waals surface area contributed by atoms with Gasteiger partial charge in [-0.25, -0.2) is 8.42 Å². The van der Waals surface area contributed by atoms with E-state index < -0.39 is 15.9 Å². The average molecular weight is 333 g/mol. The number of aromatic nitrogens is 1. The van der Waals surface area contributed by atoms with Crippen LogP contribution >= 0.6 is 0 Å². The van der Waals surface area contributed by atoms with Crippen LogP contribution in [0.5, 0.6) is 0 Å². The Morgan fingerprint density at radius 3 is 2.61 bits per heavy atom. The van der Waals surface area contributed by atoms with Crippen LogP contribution in [0.2, 0.25) is 0 Å². The first kappa shape index (κ1) is 17.1. The summed E-state index contributed by atoms with van der Waals surface area (Å²) in [5, 5.41) is 2.74.